The Kier molecular flexibility index (Phi) is 4.86. The minimum atomic E-state index is -0.0516. The zero-order valence-electron chi connectivity index (χ0n) is 9.90. The molecule has 0 bridgehead atoms. The van der Waals surface area contributed by atoms with Crippen molar-refractivity contribution in [2.45, 2.75) is 25.3 Å². The molecule has 0 saturated carbocycles. The van der Waals surface area contributed by atoms with Gasteiger partial charge in [0, 0.05) is 15.7 Å². The van der Waals surface area contributed by atoms with E-state index in [4.69, 9.17) is 11.6 Å². The largest absolute Gasteiger partial charge is 0.394 e. The molecule has 1 aromatic rings. The smallest absolute Gasteiger partial charge is 0.254 e. The molecule has 98 valence electrons. The van der Waals surface area contributed by atoms with Crippen LogP contribution in [0.25, 0.3) is 0 Å². The number of nitrogens with zero attached hydrogens (tertiary/aromatic N) is 1. The second-order valence-electron chi connectivity index (χ2n) is 4.46. The summed E-state index contributed by atoms with van der Waals surface area (Å²) in [6.45, 7) is 0.748. The molecule has 1 fully saturated rings. The van der Waals surface area contributed by atoms with E-state index in [1.54, 1.807) is 17.0 Å². The molecule has 1 saturated heterocycles. The maximum Gasteiger partial charge on any atom is 0.254 e. The number of aliphatic hydroxyl groups excluding tert-OH is 1. The Bertz CT molecular complexity index is 453. The first-order chi connectivity index (χ1) is 8.63. The summed E-state index contributed by atoms with van der Waals surface area (Å²) in [5, 5.41) is 9.93. The molecule has 0 aliphatic carbocycles. The molecule has 1 atom stereocenters. The van der Waals surface area contributed by atoms with E-state index in [0.717, 1.165) is 22.8 Å². The third kappa shape index (κ3) is 2.97. The number of benzene rings is 1. The monoisotopic (exact) mass is 379 g/mol. The fourth-order valence-corrected chi connectivity index (χ4v) is 2.77. The number of aliphatic hydroxyl groups is 1. The predicted molar refractivity (Wildman–Crippen MR) is 79.9 cm³/mol. The maximum atomic E-state index is 12.4. The summed E-state index contributed by atoms with van der Waals surface area (Å²) in [6.07, 6.45) is 2.95. The summed E-state index contributed by atoms with van der Waals surface area (Å²) in [7, 11) is 0. The number of halogens is 2. The van der Waals surface area contributed by atoms with Crippen molar-refractivity contribution in [3.8, 4) is 0 Å². The fourth-order valence-electron chi connectivity index (χ4n) is 2.25. The highest BCUT2D eigenvalue weighted by molar-refractivity contribution is 14.1. The summed E-state index contributed by atoms with van der Waals surface area (Å²) in [4.78, 5) is 14.2. The molecule has 0 aromatic heterocycles. The van der Waals surface area contributed by atoms with Crippen LogP contribution in [0, 0.1) is 3.57 Å². The summed E-state index contributed by atoms with van der Waals surface area (Å²) in [5.74, 6) is -0.0351. The van der Waals surface area contributed by atoms with Crippen molar-refractivity contribution in [2.75, 3.05) is 13.2 Å². The maximum absolute atomic E-state index is 12.4. The quantitative estimate of drug-likeness (QED) is 0.803. The topological polar surface area (TPSA) is 40.5 Å². The number of carbonyl (C=O) groups excluding carboxylic acids is 1. The number of carbonyl (C=O) groups is 1. The van der Waals surface area contributed by atoms with Gasteiger partial charge in [0.25, 0.3) is 5.91 Å². The second kappa shape index (κ2) is 6.21. The first-order valence-corrected chi connectivity index (χ1v) is 7.46. The SMILES string of the molecule is O=C(c1ccc(I)c(Cl)c1)N1CCCCC1CO. The Labute approximate surface area is 125 Å². The first-order valence-electron chi connectivity index (χ1n) is 6.00. The standard InChI is InChI=1S/C13H15ClINO2/c14-11-7-9(4-5-12(11)15)13(18)16-6-2-1-3-10(16)8-17/h4-5,7,10,17H,1-3,6,8H2. The minimum absolute atomic E-state index is 0.0316. The molecule has 1 unspecified atom stereocenters. The summed E-state index contributed by atoms with van der Waals surface area (Å²) in [5.41, 5.74) is 0.598. The third-order valence-electron chi connectivity index (χ3n) is 3.27. The van der Waals surface area contributed by atoms with Gasteiger partial charge in [0.15, 0.2) is 0 Å². The molecule has 2 rings (SSSR count). The van der Waals surface area contributed by atoms with Gasteiger partial charge in [0.05, 0.1) is 17.7 Å². The van der Waals surface area contributed by atoms with Crippen LogP contribution in [0.3, 0.4) is 0 Å². The van der Waals surface area contributed by atoms with Gasteiger partial charge in [-0.3, -0.25) is 4.79 Å². The first kappa shape index (κ1) is 14.1. The zero-order chi connectivity index (χ0) is 13.1. The van der Waals surface area contributed by atoms with Crippen LogP contribution in [0.4, 0.5) is 0 Å². The number of hydrogen-bond donors (Lipinski definition) is 1. The van der Waals surface area contributed by atoms with E-state index in [1.807, 2.05) is 6.07 Å². The molecular formula is C13H15ClINO2. The van der Waals surface area contributed by atoms with Crippen molar-refractivity contribution in [1.82, 2.24) is 4.90 Å². The van der Waals surface area contributed by atoms with E-state index in [1.165, 1.54) is 0 Å². The molecule has 1 heterocycles. The average molecular weight is 380 g/mol. The number of likely N-dealkylation sites (tertiary alicyclic amines) is 1. The van der Waals surface area contributed by atoms with Crippen molar-refractivity contribution in [1.29, 1.82) is 0 Å². The predicted octanol–water partition coefficient (Wildman–Crippen LogP) is 2.93. The number of rotatable bonds is 2. The van der Waals surface area contributed by atoms with Gasteiger partial charge in [-0.25, -0.2) is 0 Å². The average Bonchev–Trinajstić information content (AvgIpc) is 2.41. The van der Waals surface area contributed by atoms with E-state index in [0.29, 0.717) is 17.1 Å². The van der Waals surface area contributed by atoms with Crippen LogP contribution in [-0.2, 0) is 0 Å². The third-order valence-corrected chi connectivity index (χ3v) is 4.84. The Morgan fingerprint density at radius 3 is 2.94 bits per heavy atom. The van der Waals surface area contributed by atoms with Gasteiger partial charge < -0.3 is 10.0 Å². The van der Waals surface area contributed by atoms with Gasteiger partial charge in [-0.05, 0) is 60.1 Å². The van der Waals surface area contributed by atoms with Gasteiger partial charge >= 0.3 is 0 Å². The van der Waals surface area contributed by atoms with E-state index < -0.39 is 0 Å². The second-order valence-corrected chi connectivity index (χ2v) is 6.03. The molecule has 5 heteroatoms. The molecule has 0 spiro atoms. The lowest BCUT2D eigenvalue weighted by Gasteiger charge is -2.34. The van der Waals surface area contributed by atoms with E-state index in [-0.39, 0.29) is 18.6 Å². The molecule has 1 aromatic carbocycles. The van der Waals surface area contributed by atoms with Crippen molar-refractivity contribution in [3.63, 3.8) is 0 Å². The number of hydrogen-bond acceptors (Lipinski definition) is 2. The molecule has 1 aliphatic rings. The van der Waals surface area contributed by atoms with Crippen LogP contribution in [0.5, 0.6) is 0 Å². The summed E-state index contributed by atoms with van der Waals surface area (Å²) >= 11 is 8.17. The highest BCUT2D eigenvalue weighted by Gasteiger charge is 2.26. The Morgan fingerprint density at radius 1 is 1.50 bits per heavy atom. The normalized spacial score (nSPS) is 19.9. The minimum Gasteiger partial charge on any atom is -0.394 e. The lowest BCUT2D eigenvalue weighted by atomic mass is 10.0. The fraction of sp³-hybridized carbons (Fsp3) is 0.462. The summed E-state index contributed by atoms with van der Waals surface area (Å²) in [6, 6.07) is 5.28. The highest BCUT2D eigenvalue weighted by atomic mass is 127. The number of piperidine rings is 1. The Morgan fingerprint density at radius 2 is 2.28 bits per heavy atom. The van der Waals surface area contributed by atoms with E-state index in [9.17, 15) is 9.90 Å². The zero-order valence-corrected chi connectivity index (χ0v) is 12.8. The van der Waals surface area contributed by atoms with Gasteiger partial charge in [0.1, 0.15) is 0 Å². The van der Waals surface area contributed by atoms with Gasteiger partial charge in [-0.1, -0.05) is 11.6 Å². The lowest BCUT2D eigenvalue weighted by molar-refractivity contribution is 0.0503. The van der Waals surface area contributed by atoms with Crippen molar-refractivity contribution in [2.24, 2.45) is 0 Å². The Balaban J connectivity index is 2.21. The highest BCUT2D eigenvalue weighted by Crippen LogP contribution is 2.23. The van der Waals surface area contributed by atoms with E-state index in [2.05, 4.69) is 22.6 Å². The van der Waals surface area contributed by atoms with Gasteiger partial charge in [-0.2, -0.15) is 0 Å². The van der Waals surface area contributed by atoms with Crippen molar-refractivity contribution < 1.29 is 9.90 Å². The van der Waals surface area contributed by atoms with Crippen LogP contribution in [0.15, 0.2) is 18.2 Å². The number of amides is 1. The van der Waals surface area contributed by atoms with Crippen molar-refractivity contribution >= 4 is 40.1 Å². The molecular weight excluding hydrogens is 365 g/mol. The molecule has 1 aliphatic heterocycles. The van der Waals surface area contributed by atoms with Crippen molar-refractivity contribution in [3.05, 3.63) is 32.4 Å². The van der Waals surface area contributed by atoms with E-state index >= 15 is 0 Å². The van der Waals surface area contributed by atoms with Crippen LogP contribution < -0.4 is 0 Å². The lowest BCUT2D eigenvalue weighted by Crippen LogP contribution is -2.45. The Hall–Kier alpha value is -0.330. The van der Waals surface area contributed by atoms with Crippen LogP contribution >= 0.6 is 34.2 Å². The van der Waals surface area contributed by atoms with Crippen LogP contribution in [0.2, 0.25) is 5.02 Å². The molecule has 1 N–H and O–H groups in total. The van der Waals surface area contributed by atoms with Crippen LogP contribution in [0.1, 0.15) is 29.6 Å². The van der Waals surface area contributed by atoms with Gasteiger partial charge in [-0.15, -0.1) is 0 Å². The van der Waals surface area contributed by atoms with Crippen LogP contribution in [-0.4, -0.2) is 35.1 Å². The molecule has 3 nitrogen and oxygen atoms in total. The molecule has 18 heavy (non-hydrogen) atoms. The molecule has 0 radical (unpaired) electrons. The summed E-state index contributed by atoms with van der Waals surface area (Å²) < 4.78 is 0.933. The van der Waals surface area contributed by atoms with Gasteiger partial charge in [0.2, 0.25) is 0 Å². The molecule has 1 amide bonds.